The van der Waals surface area contributed by atoms with Gasteiger partial charge in [0.15, 0.2) is 0 Å². The lowest BCUT2D eigenvalue weighted by atomic mass is 10.0. The zero-order chi connectivity index (χ0) is 11.4. The van der Waals surface area contributed by atoms with Crippen LogP contribution in [0.4, 0.5) is 0 Å². The quantitative estimate of drug-likeness (QED) is 0.746. The Morgan fingerprint density at radius 3 is 2.80 bits per heavy atom. The number of esters is 1. The van der Waals surface area contributed by atoms with Crippen LogP contribution < -0.4 is 0 Å². The van der Waals surface area contributed by atoms with Gasteiger partial charge in [0.2, 0.25) is 0 Å². The van der Waals surface area contributed by atoms with Gasteiger partial charge in [-0.15, -0.1) is 0 Å². The third-order valence-electron chi connectivity index (χ3n) is 1.95. The van der Waals surface area contributed by atoms with Crippen LogP contribution in [0.2, 0.25) is 0 Å². The molecule has 0 atom stereocenters. The number of aryl methyl sites for hydroxylation is 1. The number of rotatable bonds is 2. The summed E-state index contributed by atoms with van der Waals surface area (Å²) in [6, 6.07) is 4.56. The summed E-state index contributed by atoms with van der Waals surface area (Å²) in [6.07, 6.45) is 0. The predicted octanol–water partition coefficient (Wildman–Crippen LogP) is 1.75. The highest BCUT2D eigenvalue weighted by atomic mass is 16.5. The van der Waals surface area contributed by atoms with Crippen LogP contribution in [0, 0.1) is 18.3 Å². The van der Waals surface area contributed by atoms with Crippen molar-refractivity contribution in [2.24, 2.45) is 0 Å². The highest BCUT2D eigenvalue weighted by Crippen LogP contribution is 2.21. The molecule has 0 aliphatic heterocycles. The first-order chi connectivity index (χ1) is 7.10. The molecule has 0 heterocycles. The maximum Gasteiger partial charge on any atom is 0.339 e. The molecule has 0 aliphatic carbocycles. The maximum absolute atomic E-state index is 11.4. The fourth-order valence-electron chi connectivity index (χ4n) is 1.17. The topological polar surface area (TPSA) is 70.3 Å². The highest BCUT2D eigenvalue weighted by molar-refractivity contribution is 5.92. The van der Waals surface area contributed by atoms with Crippen molar-refractivity contribution in [1.29, 1.82) is 5.26 Å². The molecular formula is C11H11NO3. The molecule has 0 fully saturated rings. The third-order valence-corrected chi connectivity index (χ3v) is 1.95. The van der Waals surface area contributed by atoms with Gasteiger partial charge in [0.25, 0.3) is 0 Å². The molecule has 1 rings (SSSR count). The van der Waals surface area contributed by atoms with E-state index >= 15 is 0 Å². The zero-order valence-corrected chi connectivity index (χ0v) is 8.57. The van der Waals surface area contributed by atoms with E-state index in [-0.39, 0.29) is 23.5 Å². The van der Waals surface area contributed by atoms with E-state index in [0.29, 0.717) is 5.56 Å². The third kappa shape index (κ3) is 2.26. The van der Waals surface area contributed by atoms with Gasteiger partial charge in [-0.3, -0.25) is 0 Å². The van der Waals surface area contributed by atoms with Gasteiger partial charge < -0.3 is 9.84 Å². The summed E-state index contributed by atoms with van der Waals surface area (Å²) in [5.41, 5.74) is 0.850. The summed E-state index contributed by atoms with van der Waals surface area (Å²) in [5, 5.41) is 18.1. The fourth-order valence-corrected chi connectivity index (χ4v) is 1.17. The van der Waals surface area contributed by atoms with E-state index in [1.54, 1.807) is 13.8 Å². The van der Waals surface area contributed by atoms with Crippen LogP contribution in [0.5, 0.6) is 5.75 Å². The summed E-state index contributed by atoms with van der Waals surface area (Å²) in [6.45, 7) is 3.60. The van der Waals surface area contributed by atoms with Crippen molar-refractivity contribution in [1.82, 2.24) is 0 Å². The van der Waals surface area contributed by atoms with Crippen molar-refractivity contribution in [3.63, 3.8) is 0 Å². The second-order valence-corrected chi connectivity index (χ2v) is 3.02. The SMILES string of the molecule is CCOC(=O)c1cc(C)c(O)cc1C#N. The molecule has 0 saturated carbocycles. The number of hydrogen-bond donors (Lipinski definition) is 1. The second-order valence-electron chi connectivity index (χ2n) is 3.02. The van der Waals surface area contributed by atoms with E-state index in [0.717, 1.165) is 0 Å². The summed E-state index contributed by atoms with van der Waals surface area (Å²) in [5.74, 6) is -0.545. The number of carbonyl (C=O) groups excluding carboxylic acids is 1. The van der Waals surface area contributed by atoms with Gasteiger partial charge >= 0.3 is 5.97 Å². The summed E-state index contributed by atoms with van der Waals surface area (Å²) in [7, 11) is 0. The number of carbonyl (C=O) groups is 1. The number of aromatic hydroxyl groups is 1. The van der Waals surface area contributed by atoms with Crippen molar-refractivity contribution < 1.29 is 14.6 Å². The van der Waals surface area contributed by atoms with E-state index in [4.69, 9.17) is 10.00 Å². The van der Waals surface area contributed by atoms with Gasteiger partial charge in [-0.05, 0) is 31.5 Å². The molecule has 0 radical (unpaired) electrons. The van der Waals surface area contributed by atoms with Crippen molar-refractivity contribution in [3.8, 4) is 11.8 Å². The molecule has 0 spiro atoms. The van der Waals surface area contributed by atoms with E-state index in [1.807, 2.05) is 6.07 Å². The Balaban J connectivity index is 3.23. The first-order valence-corrected chi connectivity index (χ1v) is 4.51. The Morgan fingerprint density at radius 2 is 2.27 bits per heavy atom. The molecule has 0 aliphatic rings. The first kappa shape index (κ1) is 11.1. The lowest BCUT2D eigenvalue weighted by Crippen LogP contribution is -2.07. The molecule has 4 heteroatoms. The number of benzene rings is 1. The maximum atomic E-state index is 11.4. The number of phenolic OH excluding ortho intramolecular Hbond substituents is 1. The number of nitrogens with zero attached hydrogens (tertiary/aromatic N) is 1. The Bertz CT molecular complexity index is 432. The average molecular weight is 205 g/mol. The Hall–Kier alpha value is -2.02. The molecule has 0 aromatic heterocycles. The molecule has 1 aromatic rings. The number of nitriles is 1. The molecule has 0 unspecified atom stereocenters. The van der Waals surface area contributed by atoms with Gasteiger partial charge in [0.1, 0.15) is 11.8 Å². The van der Waals surface area contributed by atoms with E-state index in [2.05, 4.69) is 0 Å². The van der Waals surface area contributed by atoms with E-state index in [9.17, 15) is 9.90 Å². The largest absolute Gasteiger partial charge is 0.508 e. The number of ether oxygens (including phenoxy) is 1. The molecule has 78 valence electrons. The average Bonchev–Trinajstić information content (AvgIpc) is 2.21. The van der Waals surface area contributed by atoms with Crippen LogP contribution in [0.15, 0.2) is 12.1 Å². The molecular weight excluding hydrogens is 194 g/mol. The van der Waals surface area contributed by atoms with Crippen LogP contribution in [-0.4, -0.2) is 17.7 Å². The molecule has 0 saturated heterocycles. The van der Waals surface area contributed by atoms with Crippen LogP contribution in [0.3, 0.4) is 0 Å². The van der Waals surface area contributed by atoms with Crippen molar-refractivity contribution in [3.05, 3.63) is 28.8 Å². The smallest absolute Gasteiger partial charge is 0.339 e. The van der Waals surface area contributed by atoms with E-state index in [1.165, 1.54) is 12.1 Å². The van der Waals surface area contributed by atoms with Crippen molar-refractivity contribution in [2.75, 3.05) is 6.61 Å². The van der Waals surface area contributed by atoms with Crippen molar-refractivity contribution >= 4 is 5.97 Å². The zero-order valence-electron chi connectivity index (χ0n) is 8.57. The Labute approximate surface area is 87.7 Å². The van der Waals surface area contributed by atoms with Gasteiger partial charge in [-0.25, -0.2) is 4.79 Å². The number of hydrogen-bond acceptors (Lipinski definition) is 4. The van der Waals surface area contributed by atoms with E-state index < -0.39 is 5.97 Å². The normalized spacial score (nSPS) is 9.40. The highest BCUT2D eigenvalue weighted by Gasteiger charge is 2.14. The lowest BCUT2D eigenvalue weighted by molar-refractivity contribution is 0.0526. The summed E-state index contributed by atoms with van der Waals surface area (Å²) < 4.78 is 4.79. The summed E-state index contributed by atoms with van der Waals surface area (Å²) >= 11 is 0. The minimum absolute atomic E-state index is 0.000372. The molecule has 1 aromatic carbocycles. The predicted molar refractivity (Wildman–Crippen MR) is 53.5 cm³/mol. The minimum Gasteiger partial charge on any atom is -0.508 e. The molecule has 15 heavy (non-hydrogen) atoms. The summed E-state index contributed by atoms with van der Waals surface area (Å²) in [4.78, 5) is 11.4. The number of phenols is 1. The van der Waals surface area contributed by atoms with Gasteiger partial charge in [-0.1, -0.05) is 0 Å². The molecule has 0 bridgehead atoms. The standard InChI is InChI=1S/C11H11NO3/c1-3-15-11(14)9-4-7(2)10(13)5-8(9)6-12/h4-5,13H,3H2,1-2H3. The Kier molecular flexibility index (Phi) is 3.29. The van der Waals surface area contributed by atoms with Gasteiger partial charge in [-0.2, -0.15) is 5.26 Å². The molecule has 0 amide bonds. The fraction of sp³-hybridized carbons (Fsp3) is 0.273. The minimum atomic E-state index is -0.544. The Morgan fingerprint density at radius 1 is 1.60 bits per heavy atom. The monoisotopic (exact) mass is 205 g/mol. The molecule has 1 N–H and O–H groups in total. The van der Waals surface area contributed by atoms with Crippen LogP contribution >= 0.6 is 0 Å². The van der Waals surface area contributed by atoms with Crippen LogP contribution in [0.25, 0.3) is 0 Å². The van der Waals surface area contributed by atoms with Crippen LogP contribution in [-0.2, 0) is 4.74 Å². The first-order valence-electron chi connectivity index (χ1n) is 4.51. The lowest BCUT2D eigenvalue weighted by Gasteiger charge is -2.06. The second kappa shape index (κ2) is 4.47. The van der Waals surface area contributed by atoms with Crippen LogP contribution in [0.1, 0.15) is 28.4 Å². The van der Waals surface area contributed by atoms with Gasteiger partial charge in [0.05, 0.1) is 17.7 Å². The van der Waals surface area contributed by atoms with Crippen molar-refractivity contribution in [2.45, 2.75) is 13.8 Å². The molecule has 4 nitrogen and oxygen atoms in total. The van der Waals surface area contributed by atoms with Gasteiger partial charge in [0, 0.05) is 0 Å².